The molecule has 1 fully saturated rings. The van der Waals surface area contributed by atoms with E-state index in [0.717, 1.165) is 18.8 Å². The van der Waals surface area contributed by atoms with Crippen LogP contribution in [0.25, 0.3) is 0 Å². The molecule has 5 heteroatoms. The Balaban J connectivity index is 1.60. The van der Waals surface area contributed by atoms with Gasteiger partial charge in [0, 0.05) is 25.2 Å². The van der Waals surface area contributed by atoms with Crippen molar-refractivity contribution in [3.05, 3.63) is 59.7 Å². The maximum atomic E-state index is 13.6. The fraction of sp³-hybridized carbons (Fsp3) is 0.368. The summed E-state index contributed by atoms with van der Waals surface area (Å²) in [5, 5.41) is 2.71. The van der Waals surface area contributed by atoms with Crippen molar-refractivity contribution in [2.45, 2.75) is 26.3 Å². The number of halogens is 1. The van der Waals surface area contributed by atoms with Gasteiger partial charge in [-0.3, -0.25) is 4.79 Å². The summed E-state index contributed by atoms with van der Waals surface area (Å²) >= 11 is 0. The lowest BCUT2D eigenvalue weighted by atomic mass is 10.00. The van der Waals surface area contributed by atoms with E-state index in [-0.39, 0.29) is 18.3 Å². The predicted octanol–water partition coefficient (Wildman–Crippen LogP) is 3.39. The fourth-order valence-electron chi connectivity index (χ4n) is 3.04. The lowest BCUT2D eigenvalue weighted by Gasteiger charge is -2.32. The van der Waals surface area contributed by atoms with Gasteiger partial charge in [-0.25, -0.2) is 9.37 Å². The monoisotopic (exact) mass is 327 g/mol. The summed E-state index contributed by atoms with van der Waals surface area (Å²) in [7, 11) is 0. The highest BCUT2D eigenvalue weighted by Gasteiger charge is 2.17. The van der Waals surface area contributed by atoms with Crippen molar-refractivity contribution >= 4 is 11.6 Å². The van der Waals surface area contributed by atoms with Crippen molar-refractivity contribution in [2.75, 3.05) is 18.0 Å². The van der Waals surface area contributed by atoms with Crippen molar-refractivity contribution in [3.8, 4) is 0 Å². The Morgan fingerprint density at radius 2 is 2.17 bits per heavy atom. The molecule has 3 rings (SSSR count). The molecule has 126 valence electrons. The highest BCUT2D eigenvalue weighted by atomic mass is 19.1. The van der Waals surface area contributed by atoms with Gasteiger partial charge in [-0.1, -0.05) is 25.1 Å². The van der Waals surface area contributed by atoms with Crippen molar-refractivity contribution < 1.29 is 9.18 Å². The Morgan fingerprint density at radius 3 is 2.88 bits per heavy atom. The molecule has 0 saturated carbocycles. The van der Waals surface area contributed by atoms with E-state index in [1.807, 2.05) is 6.07 Å². The SMILES string of the molecule is CC1CCCN(c2ccc(C(=O)NCc3ccccc3F)nc2)C1. The molecule has 2 aromatic rings. The Morgan fingerprint density at radius 1 is 1.33 bits per heavy atom. The molecule has 4 nitrogen and oxygen atoms in total. The van der Waals surface area contributed by atoms with Gasteiger partial charge in [0.15, 0.2) is 0 Å². The maximum absolute atomic E-state index is 13.6. The van der Waals surface area contributed by atoms with Crippen LogP contribution in [-0.2, 0) is 6.54 Å². The van der Waals surface area contributed by atoms with Gasteiger partial charge in [0.25, 0.3) is 5.91 Å². The summed E-state index contributed by atoms with van der Waals surface area (Å²) < 4.78 is 13.6. The zero-order chi connectivity index (χ0) is 16.9. The van der Waals surface area contributed by atoms with E-state index >= 15 is 0 Å². The van der Waals surface area contributed by atoms with Crippen LogP contribution in [0.1, 0.15) is 35.8 Å². The minimum atomic E-state index is -0.319. The van der Waals surface area contributed by atoms with Crippen molar-refractivity contribution in [1.29, 1.82) is 0 Å². The van der Waals surface area contributed by atoms with Gasteiger partial charge in [-0.15, -0.1) is 0 Å². The van der Waals surface area contributed by atoms with Crippen LogP contribution in [0.15, 0.2) is 42.6 Å². The topological polar surface area (TPSA) is 45.2 Å². The summed E-state index contributed by atoms with van der Waals surface area (Å²) in [6, 6.07) is 10.1. The highest BCUT2D eigenvalue weighted by Crippen LogP contribution is 2.22. The predicted molar refractivity (Wildman–Crippen MR) is 92.4 cm³/mol. The molecule has 1 aromatic carbocycles. The third-order valence-electron chi connectivity index (χ3n) is 4.40. The smallest absolute Gasteiger partial charge is 0.270 e. The van der Waals surface area contributed by atoms with E-state index in [1.54, 1.807) is 30.5 Å². The van der Waals surface area contributed by atoms with E-state index in [0.29, 0.717) is 17.2 Å². The zero-order valence-electron chi connectivity index (χ0n) is 13.8. The molecule has 1 aliphatic heterocycles. The van der Waals surface area contributed by atoms with Crippen molar-refractivity contribution in [2.24, 2.45) is 5.92 Å². The van der Waals surface area contributed by atoms with E-state index in [9.17, 15) is 9.18 Å². The minimum absolute atomic E-state index is 0.151. The van der Waals surface area contributed by atoms with Gasteiger partial charge < -0.3 is 10.2 Å². The number of aromatic nitrogens is 1. The first-order chi connectivity index (χ1) is 11.6. The number of nitrogens with one attached hydrogen (secondary N) is 1. The molecule has 0 bridgehead atoms. The summed E-state index contributed by atoms with van der Waals surface area (Å²) in [5.74, 6) is 0.0691. The number of nitrogens with zero attached hydrogens (tertiary/aromatic N) is 2. The number of benzene rings is 1. The number of carbonyl (C=O) groups is 1. The summed E-state index contributed by atoms with van der Waals surface area (Å²) in [6.07, 6.45) is 4.20. The molecule has 1 N–H and O–H groups in total. The second-order valence-electron chi connectivity index (χ2n) is 6.37. The molecule has 24 heavy (non-hydrogen) atoms. The number of pyridine rings is 1. The molecule has 1 aliphatic rings. The normalized spacial score (nSPS) is 17.6. The average Bonchev–Trinajstić information content (AvgIpc) is 2.61. The van der Waals surface area contributed by atoms with Crippen LogP contribution < -0.4 is 10.2 Å². The molecule has 1 amide bonds. The fourth-order valence-corrected chi connectivity index (χ4v) is 3.04. The van der Waals surface area contributed by atoms with Crippen LogP contribution >= 0.6 is 0 Å². The van der Waals surface area contributed by atoms with E-state index in [2.05, 4.69) is 22.1 Å². The summed E-state index contributed by atoms with van der Waals surface area (Å²) in [5.41, 5.74) is 1.86. The molecule has 0 aliphatic carbocycles. The van der Waals surface area contributed by atoms with Crippen molar-refractivity contribution in [1.82, 2.24) is 10.3 Å². The average molecular weight is 327 g/mol. The van der Waals surface area contributed by atoms with Crippen LogP contribution in [0.4, 0.5) is 10.1 Å². The largest absolute Gasteiger partial charge is 0.370 e. The Kier molecular flexibility index (Phi) is 5.08. The summed E-state index contributed by atoms with van der Waals surface area (Å²) in [4.78, 5) is 18.7. The summed E-state index contributed by atoms with van der Waals surface area (Å²) in [6.45, 7) is 4.47. The van der Waals surface area contributed by atoms with Crippen LogP contribution in [0.5, 0.6) is 0 Å². The number of anilines is 1. The minimum Gasteiger partial charge on any atom is -0.370 e. The standard InChI is InChI=1S/C19H22FN3O/c1-14-5-4-10-23(13-14)16-8-9-18(21-12-16)19(24)22-11-15-6-2-3-7-17(15)20/h2-3,6-9,12,14H,4-5,10-11,13H2,1H3,(H,22,24). The van der Waals surface area contributed by atoms with Crippen LogP contribution in [-0.4, -0.2) is 24.0 Å². The Bertz CT molecular complexity index is 702. The number of amides is 1. The quantitative estimate of drug-likeness (QED) is 0.936. The second-order valence-corrected chi connectivity index (χ2v) is 6.37. The van der Waals surface area contributed by atoms with E-state index in [4.69, 9.17) is 0 Å². The van der Waals surface area contributed by atoms with Crippen LogP contribution in [0, 0.1) is 11.7 Å². The second kappa shape index (κ2) is 7.43. The number of hydrogen-bond donors (Lipinski definition) is 1. The molecule has 1 atom stereocenters. The van der Waals surface area contributed by atoms with Gasteiger partial charge in [0.05, 0.1) is 11.9 Å². The molecular weight excluding hydrogens is 305 g/mol. The third kappa shape index (κ3) is 3.91. The molecule has 2 heterocycles. The van der Waals surface area contributed by atoms with Gasteiger partial charge in [0.1, 0.15) is 11.5 Å². The molecular formula is C19H22FN3O. The Hall–Kier alpha value is -2.43. The first kappa shape index (κ1) is 16.4. The van der Waals surface area contributed by atoms with E-state index in [1.165, 1.54) is 18.9 Å². The Labute approximate surface area is 141 Å². The van der Waals surface area contributed by atoms with Crippen LogP contribution in [0.2, 0.25) is 0 Å². The van der Waals surface area contributed by atoms with Gasteiger partial charge >= 0.3 is 0 Å². The molecule has 1 unspecified atom stereocenters. The van der Waals surface area contributed by atoms with E-state index < -0.39 is 0 Å². The number of rotatable bonds is 4. The molecule has 1 aromatic heterocycles. The molecule has 1 saturated heterocycles. The first-order valence-corrected chi connectivity index (χ1v) is 8.36. The van der Waals surface area contributed by atoms with Crippen molar-refractivity contribution in [3.63, 3.8) is 0 Å². The highest BCUT2D eigenvalue weighted by molar-refractivity contribution is 5.92. The van der Waals surface area contributed by atoms with Gasteiger partial charge in [0.2, 0.25) is 0 Å². The van der Waals surface area contributed by atoms with Crippen LogP contribution in [0.3, 0.4) is 0 Å². The lowest BCUT2D eigenvalue weighted by Crippen LogP contribution is -2.34. The number of carbonyl (C=O) groups excluding carboxylic acids is 1. The van der Waals surface area contributed by atoms with Gasteiger partial charge in [-0.2, -0.15) is 0 Å². The third-order valence-corrected chi connectivity index (χ3v) is 4.40. The number of hydrogen-bond acceptors (Lipinski definition) is 3. The van der Waals surface area contributed by atoms with Gasteiger partial charge in [-0.05, 0) is 37.0 Å². The first-order valence-electron chi connectivity index (χ1n) is 8.36. The number of piperidine rings is 1. The molecule has 0 radical (unpaired) electrons. The molecule has 0 spiro atoms. The zero-order valence-corrected chi connectivity index (χ0v) is 13.8. The maximum Gasteiger partial charge on any atom is 0.270 e. The lowest BCUT2D eigenvalue weighted by molar-refractivity contribution is 0.0945.